The summed E-state index contributed by atoms with van der Waals surface area (Å²) in [5.74, 6) is 0. The summed E-state index contributed by atoms with van der Waals surface area (Å²) in [5.41, 5.74) is 6.63. The van der Waals surface area contributed by atoms with Crippen molar-refractivity contribution in [3.05, 3.63) is 24.3 Å². The van der Waals surface area contributed by atoms with Gasteiger partial charge in [-0.2, -0.15) is 0 Å². The Morgan fingerprint density at radius 1 is 1.28 bits per heavy atom. The van der Waals surface area contributed by atoms with Crippen molar-refractivity contribution in [3.8, 4) is 0 Å². The van der Waals surface area contributed by atoms with E-state index >= 15 is 0 Å². The van der Waals surface area contributed by atoms with E-state index in [9.17, 15) is 8.42 Å². The topological polar surface area (TPSA) is 75.4 Å². The summed E-state index contributed by atoms with van der Waals surface area (Å²) in [6, 6.07) is 7.31. The fraction of sp³-hybridized carbons (Fsp3) is 0.500. The molecule has 1 aromatic carbocycles. The Hall–Kier alpha value is -1.11. The van der Waals surface area contributed by atoms with E-state index in [0.717, 1.165) is 31.6 Å². The zero-order chi connectivity index (χ0) is 13.2. The maximum atomic E-state index is 12.0. The van der Waals surface area contributed by atoms with Crippen LogP contribution in [0.3, 0.4) is 0 Å². The van der Waals surface area contributed by atoms with Gasteiger partial charge in [0.15, 0.2) is 0 Å². The monoisotopic (exact) mass is 269 g/mol. The maximum absolute atomic E-state index is 12.0. The van der Waals surface area contributed by atoms with Crippen molar-refractivity contribution in [2.24, 2.45) is 5.73 Å². The number of nitrogens with two attached hydrogens (primary N) is 1. The Morgan fingerprint density at radius 3 is 2.50 bits per heavy atom. The molecule has 1 aliphatic rings. The molecular weight excluding hydrogens is 250 g/mol. The molecule has 0 radical (unpaired) electrons. The molecule has 1 saturated heterocycles. The van der Waals surface area contributed by atoms with Crippen molar-refractivity contribution >= 4 is 15.7 Å². The highest BCUT2D eigenvalue weighted by atomic mass is 32.2. The van der Waals surface area contributed by atoms with Gasteiger partial charge in [-0.25, -0.2) is 13.1 Å². The zero-order valence-electron chi connectivity index (χ0n) is 10.5. The number of nitrogens with one attached hydrogen (secondary N) is 1. The van der Waals surface area contributed by atoms with Gasteiger partial charge in [-0.3, -0.25) is 0 Å². The average Bonchev–Trinajstić information content (AvgIpc) is 2.40. The SMILES string of the molecule is CNS(=O)(=O)c1ccccc1N1CCC(N)CC1. The van der Waals surface area contributed by atoms with Crippen LogP contribution in [0.2, 0.25) is 0 Å². The Labute approximate surface area is 108 Å². The summed E-state index contributed by atoms with van der Waals surface area (Å²) in [7, 11) is -1.99. The molecule has 0 aliphatic carbocycles. The third-order valence-electron chi connectivity index (χ3n) is 3.30. The first-order chi connectivity index (χ1) is 8.54. The van der Waals surface area contributed by atoms with Gasteiger partial charge in [0.25, 0.3) is 0 Å². The summed E-state index contributed by atoms with van der Waals surface area (Å²) in [6.45, 7) is 1.61. The molecule has 1 heterocycles. The minimum atomic E-state index is -3.41. The van der Waals surface area contributed by atoms with Crippen LogP contribution in [0.5, 0.6) is 0 Å². The first-order valence-corrected chi connectivity index (χ1v) is 7.56. The maximum Gasteiger partial charge on any atom is 0.242 e. The molecule has 0 atom stereocenters. The van der Waals surface area contributed by atoms with Gasteiger partial charge >= 0.3 is 0 Å². The molecule has 18 heavy (non-hydrogen) atoms. The molecule has 1 aromatic rings. The quantitative estimate of drug-likeness (QED) is 0.839. The zero-order valence-corrected chi connectivity index (χ0v) is 11.3. The van der Waals surface area contributed by atoms with Crippen LogP contribution in [-0.4, -0.2) is 34.6 Å². The molecule has 0 saturated carbocycles. The minimum Gasteiger partial charge on any atom is -0.370 e. The van der Waals surface area contributed by atoms with Crippen LogP contribution in [0, 0.1) is 0 Å². The van der Waals surface area contributed by atoms with Crippen LogP contribution in [0.25, 0.3) is 0 Å². The van der Waals surface area contributed by atoms with Gasteiger partial charge in [0.2, 0.25) is 10.0 Å². The van der Waals surface area contributed by atoms with Crippen molar-refractivity contribution in [2.45, 2.75) is 23.8 Å². The van der Waals surface area contributed by atoms with Crippen LogP contribution in [0.15, 0.2) is 29.2 Å². The van der Waals surface area contributed by atoms with E-state index in [-0.39, 0.29) is 6.04 Å². The van der Waals surface area contributed by atoms with Crippen molar-refractivity contribution in [3.63, 3.8) is 0 Å². The van der Waals surface area contributed by atoms with Crippen molar-refractivity contribution in [2.75, 3.05) is 25.0 Å². The van der Waals surface area contributed by atoms with Crippen LogP contribution in [-0.2, 0) is 10.0 Å². The third-order valence-corrected chi connectivity index (χ3v) is 4.77. The Bertz CT molecular complexity index is 508. The first-order valence-electron chi connectivity index (χ1n) is 6.07. The molecule has 0 bridgehead atoms. The predicted molar refractivity (Wildman–Crippen MR) is 72.1 cm³/mol. The normalized spacial score (nSPS) is 18.0. The Kier molecular flexibility index (Phi) is 3.89. The fourth-order valence-electron chi connectivity index (χ4n) is 2.20. The average molecular weight is 269 g/mol. The molecule has 0 amide bonds. The smallest absolute Gasteiger partial charge is 0.242 e. The van der Waals surface area contributed by atoms with E-state index in [1.165, 1.54) is 7.05 Å². The lowest BCUT2D eigenvalue weighted by atomic mass is 10.1. The van der Waals surface area contributed by atoms with Crippen LogP contribution in [0.4, 0.5) is 5.69 Å². The molecule has 1 aliphatic heterocycles. The lowest BCUT2D eigenvalue weighted by Crippen LogP contribution is -2.40. The second-order valence-corrected chi connectivity index (χ2v) is 6.35. The third kappa shape index (κ3) is 2.66. The van der Waals surface area contributed by atoms with E-state index in [1.54, 1.807) is 12.1 Å². The first kappa shape index (κ1) is 13.3. The number of para-hydroxylation sites is 1. The summed E-state index contributed by atoms with van der Waals surface area (Å²) >= 11 is 0. The number of nitrogens with zero attached hydrogens (tertiary/aromatic N) is 1. The molecule has 3 N–H and O–H groups in total. The number of benzene rings is 1. The molecule has 100 valence electrons. The number of rotatable bonds is 3. The second kappa shape index (κ2) is 5.26. The van der Waals surface area contributed by atoms with E-state index < -0.39 is 10.0 Å². The van der Waals surface area contributed by atoms with E-state index in [2.05, 4.69) is 9.62 Å². The Balaban J connectivity index is 2.34. The van der Waals surface area contributed by atoms with Crippen LogP contribution in [0.1, 0.15) is 12.8 Å². The van der Waals surface area contributed by atoms with Crippen molar-refractivity contribution < 1.29 is 8.42 Å². The van der Waals surface area contributed by atoms with Gasteiger partial charge in [-0.1, -0.05) is 12.1 Å². The van der Waals surface area contributed by atoms with Gasteiger partial charge in [0.1, 0.15) is 4.90 Å². The minimum absolute atomic E-state index is 0.231. The molecule has 1 fully saturated rings. The van der Waals surface area contributed by atoms with Gasteiger partial charge in [-0.05, 0) is 32.0 Å². The van der Waals surface area contributed by atoms with E-state index in [4.69, 9.17) is 5.73 Å². The molecule has 2 rings (SSSR count). The molecule has 0 spiro atoms. The van der Waals surface area contributed by atoms with Gasteiger partial charge < -0.3 is 10.6 Å². The summed E-state index contributed by atoms with van der Waals surface area (Å²) < 4.78 is 26.3. The molecule has 5 nitrogen and oxygen atoms in total. The van der Waals surface area contributed by atoms with Gasteiger partial charge in [-0.15, -0.1) is 0 Å². The highest BCUT2D eigenvalue weighted by molar-refractivity contribution is 7.89. The molecular formula is C12H19N3O2S. The summed E-state index contributed by atoms with van der Waals surface area (Å²) in [5, 5.41) is 0. The molecule has 0 unspecified atom stereocenters. The van der Waals surface area contributed by atoms with Crippen LogP contribution < -0.4 is 15.4 Å². The Morgan fingerprint density at radius 2 is 1.89 bits per heavy atom. The number of anilines is 1. The molecule has 0 aromatic heterocycles. The standard InChI is InChI=1S/C12H19N3O2S/c1-14-18(16,17)12-5-3-2-4-11(12)15-8-6-10(13)7-9-15/h2-5,10,14H,6-9,13H2,1H3. The summed E-state index contributed by atoms with van der Waals surface area (Å²) in [6.07, 6.45) is 1.79. The number of piperidine rings is 1. The van der Waals surface area contributed by atoms with E-state index in [1.807, 2.05) is 12.1 Å². The van der Waals surface area contributed by atoms with Crippen LogP contribution >= 0.6 is 0 Å². The van der Waals surface area contributed by atoms with E-state index in [0.29, 0.717) is 4.90 Å². The van der Waals surface area contributed by atoms with Gasteiger partial charge in [0.05, 0.1) is 5.69 Å². The fourth-order valence-corrected chi connectivity index (χ4v) is 3.15. The van der Waals surface area contributed by atoms with Crippen molar-refractivity contribution in [1.29, 1.82) is 0 Å². The number of sulfonamides is 1. The molecule has 6 heteroatoms. The lowest BCUT2D eigenvalue weighted by Gasteiger charge is -2.33. The lowest BCUT2D eigenvalue weighted by molar-refractivity contribution is 0.499. The highest BCUT2D eigenvalue weighted by Gasteiger charge is 2.23. The number of hydrogen-bond donors (Lipinski definition) is 2. The van der Waals surface area contributed by atoms with Crippen molar-refractivity contribution in [1.82, 2.24) is 4.72 Å². The number of hydrogen-bond acceptors (Lipinski definition) is 4. The second-order valence-electron chi connectivity index (χ2n) is 4.50. The summed E-state index contributed by atoms with van der Waals surface area (Å²) in [4.78, 5) is 2.43. The highest BCUT2D eigenvalue weighted by Crippen LogP contribution is 2.27. The van der Waals surface area contributed by atoms with Gasteiger partial charge in [0, 0.05) is 19.1 Å². The predicted octanol–water partition coefficient (Wildman–Crippen LogP) is 0.522. The largest absolute Gasteiger partial charge is 0.370 e.